The Hall–Kier alpha value is -2.42. The number of carbonyl (C=O) groups is 1. The molecule has 1 N–H and O–H groups in total. The van der Waals surface area contributed by atoms with E-state index in [1.807, 2.05) is 0 Å². The molecule has 0 saturated heterocycles. The number of methoxy groups -OCH3 is 1. The molecule has 24 heavy (non-hydrogen) atoms. The molecule has 0 fully saturated rings. The highest BCUT2D eigenvalue weighted by Crippen LogP contribution is 2.33. The molecule has 0 spiro atoms. The average Bonchev–Trinajstić information content (AvgIpc) is 2.54. The second kappa shape index (κ2) is 7.91. The highest BCUT2D eigenvalue weighted by molar-refractivity contribution is 6.32. The van der Waals surface area contributed by atoms with Gasteiger partial charge in [0.05, 0.1) is 18.2 Å². The Morgan fingerprint density at radius 2 is 1.92 bits per heavy atom. The molecular weight excluding hydrogens is 351 g/mol. The molecule has 7 heteroatoms. The lowest BCUT2D eigenvalue weighted by atomic mass is 10.1. The second-order valence-corrected chi connectivity index (χ2v) is 5.68. The van der Waals surface area contributed by atoms with Gasteiger partial charge in [-0.2, -0.15) is 5.26 Å². The lowest BCUT2D eigenvalue weighted by molar-refractivity contribution is -0.131. The Kier molecular flexibility index (Phi) is 5.91. The van der Waals surface area contributed by atoms with Gasteiger partial charge in [0.15, 0.2) is 0 Å². The van der Waals surface area contributed by atoms with Crippen molar-refractivity contribution in [3.63, 3.8) is 0 Å². The Morgan fingerprint density at radius 3 is 2.50 bits per heavy atom. The van der Waals surface area contributed by atoms with E-state index >= 15 is 0 Å². The molecule has 0 aliphatic carbocycles. The van der Waals surface area contributed by atoms with Crippen LogP contribution in [0.2, 0.25) is 10.0 Å². The number of rotatable bonds is 5. The zero-order valence-corrected chi connectivity index (χ0v) is 14.5. The van der Waals surface area contributed by atoms with Crippen LogP contribution in [-0.2, 0) is 4.79 Å². The van der Waals surface area contributed by atoms with E-state index in [1.54, 1.807) is 36.4 Å². The van der Waals surface area contributed by atoms with Gasteiger partial charge in [-0.3, -0.25) is 4.79 Å². The number of hydrogen-bond donors (Lipinski definition) is 1. The summed E-state index contributed by atoms with van der Waals surface area (Å²) < 4.78 is 10.2. The quantitative estimate of drug-likeness (QED) is 0.619. The summed E-state index contributed by atoms with van der Waals surface area (Å²) in [7, 11) is 1.52. The molecule has 0 aliphatic heterocycles. The van der Waals surface area contributed by atoms with Gasteiger partial charge in [0.25, 0.3) is 0 Å². The standard InChI is InChI=1S/C17H14Cl2N2O3/c1-10(22)24-16-5-3-11(18)7-13(16)15(9-20)21-12-4-6-17(23-2)14(19)8-12/h3-8,15,21H,1-2H3. The monoisotopic (exact) mass is 364 g/mol. The molecule has 1 atom stereocenters. The first-order chi connectivity index (χ1) is 11.4. The number of benzene rings is 2. The number of anilines is 1. The SMILES string of the molecule is COc1ccc(NC(C#N)c2cc(Cl)ccc2OC(C)=O)cc1Cl. The van der Waals surface area contributed by atoms with Gasteiger partial charge in [-0.1, -0.05) is 23.2 Å². The van der Waals surface area contributed by atoms with Crippen molar-refractivity contribution in [2.75, 3.05) is 12.4 Å². The smallest absolute Gasteiger partial charge is 0.308 e. The van der Waals surface area contributed by atoms with Gasteiger partial charge < -0.3 is 14.8 Å². The molecular formula is C17H14Cl2N2O3. The zero-order chi connectivity index (χ0) is 17.7. The van der Waals surface area contributed by atoms with Crippen molar-refractivity contribution in [1.29, 1.82) is 5.26 Å². The van der Waals surface area contributed by atoms with Gasteiger partial charge in [0, 0.05) is 23.2 Å². The highest BCUT2D eigenvalue weighted by Gasteiger charge is 2.18. The van der Waals surface area contributed by atoms with Crippen molar-refractivity contribution in [2.24, 2.45) is 0 Å². The van der Waals surface area contributed by atoms with Crippen LogP contribution < -0.4 is 14.8 Å². The number of halogens is 2. The average molecular weight is 365 g/mol. The molecule has 0 bridgehead atoms. The molecule has 0 saturated carbocycles. The summed E-state index contributed by atoms with van der Waals surface area (Å²) in [4.78, 5) is 11.2. The maximum Gasteiger partial charge on any atom is 0.308 e. The Labute approximate surface area is 149 Å². The summed E-state index contributed by atoms with van der Waals surface area (Å²) in [6.45, 7) is 1.29. The molecule has 0 radical (unpaired) electrons. The normalized spacial score (nSPS) is 11.3. The minimum Gasteiger partial charge on any atom is -0.495 e. The van der Waals surface area contributed by atoms with E-state index in [0.717, 1.165) is 0 Å². The van der Waals surface area contributed by atoms with Crippen LogP contribution in [0.3, 0.4) is 0 Å². The number of ether oxygens (including phenoxy) is 2. The predicted molar refractivity (Wildman–Crippen MR) is 92.7 cm³/mol. The lowest BCUT2D eigenvalue weighted by Crippen LogP contribution is -2.12. The minimum absolute atomic E-state index is 0.269. The third kappa shape index (κ3) is 4.31. The third-order valence-electron chi connectivity index (χ3n) is 3.13. The predicted octanol–water partition coefficient (Wildman–Crippen LogP) is 4.60. The van der Waals surface area contributed by atoms with Crippen LogP contribution in [0.15, 0.2) is 36.4 Å². The van der Waals surface area contributed by atoms with Crippen LogP contribution in [0.4, 0.5) is 5.69 Å². The first kappa shape index (κ1) is 17.9. The van der Waals surface area contributed by atoms with Crippen molar-refractivity contribution in [1.82, 2.24) is 0 Å². The number of hydrogen-bond acceptors (Lipinski definition) is 5. The molecule has 2 aromatic rings. The Balaban J connectivity index is 2.35. The van der Waals surface area contributed by atoms with E-state index in [0.29, 0.717) is 27.0 Å². The summed E-state index contributed by atoms with van der Waals surface area (Å²) in [5.41, 5.74) is 1.06. The zero-order valence-electron chi connectivity index (χ0n) is 13.0. The van der Waals surface area contributed by atoms with E-state index in [1.165, 1.54) is 14.0 Å². The number of nitrogens with zero attached hydrogens (tertiary/aromatic N) is 1. The summed E-state index contributed by atoms with van der Waals surface area (Å²) in [5, 5.41) is 13.4. The fraction of sp³-hybridized carbons (Fsp3) is 0.176. The van der Waals surface area contributed by atoms with E-state index < -0.39 is 12.0 Å². The summed E-state index contributed by atoms with van der Waals surface area (Å²) in [6, 6.07) is 11.1. The van der Waals surface area contributed by atoms with Crippen molar-refractivity contribution >= 4 is 34.9 Å². The maximum absolute atomic E-state index is 11.2. The summed E-state index contributed by atoms with van der Waals surface area (Å²) in [6.07, 6.45) is 0. The van der Waals surface area contributed by atoms with Crippen LogP contribution in [0, 0.1) is 11.3 Å². The Morgan fingerprint density at radius 1 is 1.21 bits per heavy atom. The first-order valence-electron chi connectivity index (χ1n) is 6.92. The number of esters is 1. The van der Waals surface area contributed by atoms with Crippen molar-refractivity contribution in [2.45, 2.75) is 13.0 Å². The largest absolute Gasteiger partial charge is 0.495 e. The summed E-state index contributed by atoms with van der Waals surface area (Å²) in [5.74, 6) is 0.312. The number of nitriles is 1. The third-order valence-corrected chi connectivity index (χ3v) is 3.66. The molecule has 2 aromatic carbocycles. The fourth-order valence-electron chi connectivity index (χ4n) is 2.10. The van der Waals surface area contributed by atoms with E-state index in [9.17, 15) is 10.1 Å². The second-order valence-electron chi connectivity index (χ2n) is 4.83. The molecule has 124 valence electrons. The van der Waals surface area contributed by atoms with E-state index in [2.05, 4.69) is 11.4 Å². The van der Waals surface area contributed by atoms with Gasteiger partial charge in [-0.25, -0.2) is 0 Å². The molecule has 0 aromatic heterocycles. The minimum atomic E-state index is -0.789. The van der Waals surface area contributed by atoms with Crippen molar-refractivity contribution < 1.29 is 14.3 Å². The molecule has 2 rings (SSSR count). The molecule has 1 unspecified atom stereocenters. The van der Waals surface area contributed by atoms with Crippen LogP contribution in [0.5, 0.6) is 11.5 Å². The molecule has 0 aliphatic rings. The Bertz CT molecular complexity index is 803. The van der Waals surface area contributed by atoms with Crippen molar-refractivity contribution in [3.8, 4) is 17.6 Å². The van der Waals surface area contributed by atoms with Crippen LogP contribution >= 0.6 is 23.2 Å². The molecule has 0 amide bonds. The fourth-order valence-corrected chi connectivity index (χ4v) is 2.53. The van der Waals surface area contributed by atoms with E-state index in [4.69, 9.17) is 32.7 Å². The summed E-state index contributed by atoms with van der Waals surface area (Å²) >= 11 is 12.1. The number of nitrogens with one attached hydrogen (secondary N) is 1. The maximum atomic E-state index is 11.2. The van der Waals surface area contributed by atoms with Gasteiger partial charge in [0.1, 0.15) is 17.5 Å². The van der Waals surface area contributed by atoms with Gasteiger partial charge in [-0.15, -0.1) is 0 Å². The number of carbonyl (C=O) groups excluding carboxylic acids is 1. The lowest BCUT2D eigenvalue weighted by Gasteiger charge is -2.17. The highest BCUT2D eigenvalue weighted by atomic mass is 35.5. The molecule has 5 nitrogen and oxygen atoms in total. The van der Waals surface area contributed by atoms with Gasteiger partial charge in [0.2, 0.25) is 0 Å². The van der Waals surface area contributed by atoms with Crippen LogP contribution in [-0.4, -0.2) is 13.1 Å². The van der Waals surface area contributed by atoms with Crippen molar-refractivity contribution in [3.05, 3.63) is 52.0 Å². The topological polar surface area (TPSA) is 71.3 Å². The van der Waals surface area contributed by atoms with Crippen LogP contribution in [0.1, 0.15) is 18.5 Å². The van der Waals surface area contributed by atoms with Gasteiger partial charge in [-0.05, 0) is 36.4 Å². The van der Waals surface area contributed by atoms with Crippen LogP contribution in [0.25, 0.3) is 0 Å². The molecule has 0 heterocycles. The van der Waals surface area contributed by atoms with Gasteiger partial charge >= 0.3 is 5.97 Å². The van der Waals surface area contributed by atoms with E-state index in [-0.39, 0.29) is 5.75 Å². The first-order valence-corrected chi connectivity index (χ1v) is 7.67.